The van der Waals surface area contributed by atoms with Crippen LogP contribution < -0.4 is 4.57 Å². The van der Waals surface area contributed by atoms with Gasteiger partial charge < -0.3 is 4.42 Å². The van der Waals surface area contributed by atoms with Gasteiger partial charge in [0.15, 0.2) is 23.2 Å². The minimum absolute atomic E-state index is 0.443. The van der Waals surface area contributed by atoms with Gasteiger partial charge in [-0.25, -0.2) is 4.98 Å². The molecule has 0 atom stereocenters. The lowest BCUT2D eigenvalue weighted by Gasteiger charge is -2.03. The Bertz CT molecular complexity index is 815. The molecule has 2 aromatic heterocycles. The standard InChI is InChI=1S/C17H19N2O/c1-11(2)17-18-15-14(20-17)9-10-19(4)16(15)13-8-6-5-7-12(13)3/h5-11H,1-4H3/q+1/i11D. The molecule has 3 aromatic rings. The summed E-state index contributed by atoms with van der Waals surface area (Å²) in [5.74, 6) is -0.404. The molecule has 0 radical (unpaired) electrons. The predicted octanol–water partition coefficient (Wildman–Crippen LogP) is 3.75. The molecule has 0 fully saturated rings. The number of hydrogen-bond donors (Lipinski definition) is 0. The molecule has 0 aliphatic carbocycles. The summed E-state index contributed by atoms with van der Waals surface area (Å²) < 4.78 is 15.9. The number of aryl methyl sites for hydroxylation is 2. The van der Waals surface area contributed by atoms with Gasteiger partial charge in [-0.2, -0.15) is 4.57 Å². The fourth-order valence-electron chi connectivity index (χ4n) is 2.41. The van der Waals surface area contributed by atoms with Crippen LogP contribution in [0, 0.1) is 6.92 Å². The molecule has 102 valence electrons. The second-order valence-corrected chi connectivity index (χ2v) is 5.32. The van der Waals surface area contributed by atoms with Crippen molar-refractivity contribution in [1.82, 2.24) is 4.98 Å². The Labute approximate surface area is 120 Å². The first-order valence-corrected chi connectivity index (χ1v) is 6.73. The van der Waals surface area contributed by atoms with Crippen molar-refractivity contribution in [3.05, 3.63) is 48.0 Å². The van der Waals surface area contributed by atoms with Gasteiger partial charge in [-0.1, -0.05) is 32.0 Å². The molecular formula is C17H19N2O+. The average molecular weight is 268 g/mol. The molecule has 3 rings (SSSR count). The molecule has 0 saturated heterocycles. The lowest BCUT2D eigenvalue weighted by atomic mass is 10.0. The van der Waals surface area contributed by atoms with E-state index in [9.17, 15) is 0 Å². The number of pyridine rings is 1. The highest BCUT2D eigenvalue weighted by molar-refractivity contribution is 5.87. The smallest absolute Gasteiger partial charge is 0.242 e. The molecule has 0 saturated carbocycles. The summed E-state index contributed by atoms with van der Waals surface area (Å²) >= 11 is 0. The third kappa shape index (κ3) is 1.99. The van der Waals surface area contributed by atoms with Crippen molar-refractivity contribution < 1.29 is 10.4 Å². The van der Waals surface area contributed by atoms with Crippen molar-refractivity contribution >= 4 is 11.1 Å². The number of fused-ring (bicyclic) bond motifs is 1. The number of rotatable bonds is 2. The van der Waals surface area contributed by atoms with E-state index in [-0.39, 0.29) is 0 Å². The minimum Gasteiger partial charge on any atom is -0.440 e. The van der Waals surface area contributed by atoms with Crippen molar-refractivity contribution in [2.24, 2.45) is 7.05 Å². The number of hydrogen-bond acceptors (Lipinski definition) is 2. The second-order valence-electron chi connectivity index (χ2n) is 5.32. The van der Waals surface area contributed by atoms with Crippen LogP contribution in [0.4, 0.5) is 0 Å². The Balaban J connectivity index is 2.34. The molecule has 2 heterocycles. The van der Waals surface area contributed by atoms with Crippen molar-refractivity contribution in [3.63, 3.8) is 0 Å². The Kier molecular flexibility index (Phi) is 2.76. The van der Waals surface area contributed by atoms with Crippen LogP contribution in [-0.2, 0) is 7.05 Å². The first kappa shape index (κ1) is 11.6. The second kappa shape index (κ2) is 4.75. The van der Waals surface area contributed by atoms with E-state index in [0.29, 0.717) is 5.89 Å². The van der Waals surface area contributed by atoms with Crippen LogP contribution in [0.3, 0.4) is 0 Å². The normalized spacial score (nSPS) is 12.7. The van der Waals surface area contributed by atoms with Crippen LogP contribution in [0.5, 0.6) is 0 Å². The molecule has 3 nitrogen and oxygen atoms in total. The van der Waals surface area contributed by atoms with Gasteiger partial charge in [0.05, 0.1) is 5.56 Å². The number of oxazole rings is 1. The summed E-state index contributed by atoms with van der Waals surface area (Å²) in [6.45, 7) is 5.65. The van der Waals surface area contributed by atoms with Gasteiger partial charge >= 0.3 is 0 Å². The Morgan fingerprint density at radius 1 is 1.25 bits per heavy atom. The molecule has 0 unspecified atom stereocenters. The third-order valence-electron chi connectivity index (χ3n) is 3.51. The average Bonchev–Trinajstić information content (AvgIpc) is 2.84. The van der Waals surface area contributed by atoms with Crippen LogP contribution in [0.2, 0.25) is 0 Å². The Morgan fingerprint density at radius 2 is 2.00 bits per heavy atom. The van der Waals surface area contributed by atoms with Gasteiger partial charge in [0.1, 0.15) is 7.05 Å². The monoisotopic (exact) mass is 268 g/mol. The SMILES string of the molecule is [2H]C(C)(C)c1nc2c(-c3ccccc3C)[n+](C)ccc2o1. The van der Waals surface area contributed by atoms with E-state index in [1.54, 1.807) is 13.8 Å². The minimum atomic E-state index is -0.847. The van der Waals surface area contributed by atoms with Crippen molar-refractivity contribution in [2.45, 2.75) is 26.7 Å². The lowest BCUT2D eigenvalue weighted by Crippen LogP contribution is -2.30. The number of aromatic nitrogens is 2. The van der Waals surface area contributed by atoms with E-state index in [1.165, 1.54) is 5.56 Å². The maximum atomic E-state index is 8.11. The van der Waals surface area contributed by atoms with Gasteiger partial charge in [0, 0.05) is 13.3 Å². The van der Waals surface area contributed by atoms with E-state index < -0.39 is 5.89 Å². The molecule has 0 amide bonds. The molecule has 1 aromatic carbocycles. The van der Waals surface area contributed by atoms with E-state index in [4.69, 9.17) is 5.79 Å². The van der Waals surface area contributed by atoms with Crippen molar-refractivity contribution in [3.8, 4) is 11.3 Å². The van der Waals surface area contributed by atoms with Crippen LogP contribution in [0.15, 0.2) is 40.9 Å². The number of nitrogens with zero attached hydrogens (tertiary/aromatic N) is 2. The van der Waals surface area contributed by atoms with Crippen molar-refractivity contribution in [2.75, 3.05) is 0 Å². The van der Waals surface area contributed by atoms with Gasteiger partial charge in [-0.05, 0) is 18.6 Å². The zero-order valence-electron chi connectivity index (χ0n) is 13.3. The summed E-state index contributed by atoms with van der Waals surface area (Å²) in [5.41, 5.74) is 4.87. The maximum absolute atomic E-state index is 8.11. The highest BCUT2D eigenvalue weighted by Gasteiger charge is 2.22. The highest BCUT2D eigenvalue weighted by Crippen LogP contribution is 2.29. The molecule has 0 N–H and O–H groups in total. The predicted molar refractivity (Wildman–Crippen MR) is 79.4 cm³/mol. The largest absolute Gasteiger partial charge is 0.440 e. The zero-order valence-corrected chi connectivity index (χ0v) is 12.3. The van der Waals surface area contributed by atoms with Gasteiger partial charge in [-0.15, -0.1) is 0 Å². The van der Waals surface area contributed by atoms with E-state index in [0.717, 1.165) is 22.4 Å². The van der Waals surface area contributed by atoms with Gasteiger partial charge in [0.2, 0.25) is 5.69 Å². The van der Waals surface area contributed by atoms with Crippen LogP contribution in [0.1, 0.15) is 32.6 Å². The molecule has 20 heavy (non-hydrogen) atoms. The van der Waals surface area contributed by atoms with Crippen LogP contribution in [0.25, 0.3) is 22.4 Å². The van der Waals surface area contributed by atoms with E-state index in [2.05, 4.69) is 24.0 Å². The van der Waals surface area contributed by atoms with E-state index >= 15 is 0 Å². The summed E-state index contributed by atoms with van der Waals surface area (Å²) in [4.78, 5) is 4.59. The van der Waals surface area contributed by atoms with Gasteiger partial charge in [0.25, 0.3) is 0 Å². The molecule has 0 aliphatic rings. The summed E-state index contributed by atoms with van der Waals surface area (Å²) in [5, 5.41) is 0. The quantitative estimate of drug-likeness (QED) is 0.662. The Hall–Kier alpha value is -2.16. The van der Waals surface area contributed by atoms with Gasteiger partial charge in [-0.3, -0.25) is 0 Å². The van der Waals surface area contributed by atoms with E-state index in [1.807, 2.05) is 36.0 Å². The van der Waals surface area contributed by atoms with Crippen molar-refractivity contribution in [1.29, 1.82) is 0 Å². The topological polar surface area (TPSA) is 29.9 Å². The Morgan fingerprint density at radius 3 is 2.70 bits per heavy atom. The first-order chi connectivity index (χ1) is 9.88. The molecule has 3 heteroatoms. The third-order valence-corrected chi connectivity index (χ3v) is 3.51. The highest BCUT2D eigenvalue weighted by atomic mass is 16.3. The first-order valence-electron chi connectivity index (χ1n) is 7.23. The fourth-order valence-corrected chi connectivity index (χ4v) is 2.41. The van der Waals surface area contributed by atoms with Crippen LogP contribution >= 0.6 is 0 Å². The fraction of sp³-hybridized carbons (Fsp3) is 0.294. The van der Waals surface area contributed by atoms with Crippen LogP contribution in [-0.4, -0.2) is 4.98 Å². The summed E-state index contributed by atoms with van der Waals surface area (Å²) in [6.07, 6.45) is 1.97. The molecule has 0 spiro atoms. The summed E-state index contributed by atoms with van der Waals surface area (Å²) in [6, 6.07) is 10.1. The lowest BCUT2D eigenvalue weighted by molar-refractivity contribution is -0.659. The molecule has 0 bridgehead atoms. The zero-order chi connectivity index (χ0) is 15.2. The molecule has 0 aliphatic heterocycles. The maximum Gasteiger partial charge on any atom is 0.242 e. The summed E-state index contributed by atoms with van der Waals surface area (Å²) in [7, 11) is 2.00. The molecular weight excluding hydrogens is 248 g/mol. The number of benzene rings is 1.